The predicted molar refractivity (Wildman–Crippen MR) is 50.9 cm³/mol. The maximum absolute atomic E-state index is 12.3. The van der Waals surface area contributed by atoms with E-state index in [1.54, 1.807) is 0 Å². The Hall–Kier alpha value is -2.12. The minimum absolute atomic E-state index is 0.324. The minimum atomic E-state index is -4.57. The Labute approximate surface area is 97.6 Å². The first-order chi connectivity index (χ1) is 8.26. The molecule has 2 heterocycles. The number of carbonyl (C=O) groups is 2. The van der Waals surface area contributed by atoms with Crippen LogP contribution in [0.25, 0.3) is 0 Å². The maximum atomic E-state index is 12.3. The molecule has 1 aromatic rings. The highest BCUT2D eigenvalue weighted by Crippen LogP contribution is 2.25. The molecule has 2 rings (SSSR count). The summed E-state index contributed by atoms with van der Waals surface area (Å²) in [5.41, 5.74) is -1.89. The molecule has 0 radical (unpaired) electrons. The molecule has 96 valence electrons. The highest BCUT2D eigenvalue weighted by Gasteiger charge is 2.34. The number of carbonyl (C=O) groups excluding carboxylic acids is 2. The second kappa shape index (κ2) is 3.97. The molecular weight excluding hydrogens is 255 g/mol. The number of hydrogen-bond donors (Lipinski definition) is 1. The molecule has 0 bridgehead atoms. The van der Waals surface area contributed by atoms with E-state index < -0.39 is 42.0 Å². The van der Waals surface area contributed by atoms with E-state index >= 15 is 0 Å². The van der Waals surface area contributed by atoms with E-state index in [1.165, 1.54) is 0 Å². The van der Waals surface area contributed by atoms with Crippen molar-refractivity contribution in [1.29, 1.82) is 0 Å². The van der Waals surface area contributed by atoms with Crippen molar-refractivity contribution in [2.45, 2.75) is 19.0 Å². The summed E-state index contributed by atoms with van der Waals surface area (Å²) in [6.45, 7) is 0. The average molecular weight is 261 g/mol. The van der Waals surface area contributed by atoms with Gasteiger partial charge in [0.25, 0.3) is 5.91 Å². The molecule has 0 fully saturated rings. The van der Waals surface area contributed by atoms with Crippen molar-refractivity contribution in [3.8, 4) is 0 Å². The third-order valence-corrected chi connectivity index (χ3v) is 2.31. The van der Waals surface area contributed by atoms with Gasteiger partial charge in [-0.15, -0.1) is 0 Å². The average Bonchev–Trinajstić information content (AvgIpc) is 2.11. The summed E-state index contributed by atoms with van der Waals surface area (Å²) in [6.07, 6.45) is -6.42. The van der Waals surface area contributed by atoms with Gasteiger partial charge in [-0.25, -0.2) is 4.79 Å². The third-order valence-electron chi connectivity index (χ3n) is 2.31. The lowest BCUT2D eigenvalue weighted by molar-refractivity contribution is -0.127. The summed E-state index contributed by atoms with van der Waals surface area (Å²) in [7, 11) is 0. The first kappa shape index (κ1) is 12.3. The SMILES string of the molecule is O=C1Cc2oc(=O)cc(CC(F)(F)F)c2C(=O)N1. The fourth-order valence-electron chi connectivity index (χ4n) is 1.73. The number of nitrogens with one attached hydrogen (secondary N) is 1. The van der Waals surface area contributed by atoms with Crippen LogP contribution >= 0.6 is 0 Å². The monoisotopic (exact) mass is 261 g/mol. The summed E-state index contributed by atoms with van der Waals surface area (Å²) in [4.78, 5) is 33.6. The van der Waals surface area contributed by atoms with Gasteiger partial charge in [0, 0.05) is 6.07 Å². The van der Waals surface area contributed by atoms with Crippen LogP contribution in [0.4, 0.5) is 13.2 Å². The molecule has 1 aliphatic rings. The summed E-state index contributed by atoms with van der Waals surface area (Å²) in [5, 5.41) is 1.87. The van der Waals surface area contributed by atoms with Crippen molar-refractivity contribution >= 4 is 11.8 Å². The van der Waals surface area contributed by atoms with E-state index in [1.807, 2.05) is 5.32 Å². The molecule has 0 saturated carbocycles. The van der Waals surface area contributed by atoms with Gasteiger partial charge >= 0.3 is 11.8 Å². The smallest absolute Gasteiger partial charge is 0.393 e. The van der Waals surface area contributed by atoms with Crippen LogP contribution in [0.15, 0.2) is 15.3 Å². The molecule has 1 aliphatic heterocycles. The van der Waals surface area contributed by atoms with Gasteiger partial charge in [0.15, 0.2) is 0 Å². The number of imide groups is 1. The molecule has 2 amide bonds. The highest BCUT2D eigenvalue weighted by atomic mass is 19.4. The lowest BCUT2D eigenvalue weighted by Crippen LogP contribution is -2.39. The predicted octanol–water partition coefficient (Wildman–Crippen LogP) is 0.557. The molecule has 0 aliphatic carbocycles. The fourth-order valence-corrected chi connectivity index (χ4v) is 1.73. The van der Waals surface area contributed by atoms with Crippen LogP contribution in [0.2, 0.25) is 0 Å². The van der Waals surface area contributed by atoms with Crippen LogP contribution in [0.1, 0.15) is 21.7 Å². The molecule has 0 aromatic carbocycles. The van der Waals surface area contributed by atoms with Crippen molar-refractivity contribution in [2.75, 3.05) is 0 Å². The van der Waals surface area contributed by atoms with Crippen LogP contribution in [0, 0.1) is 0 Å². The van der Waals surface area contributed by atoms with E-state index in [2.05, 4.69) is 4.42 Å². The second-order valence-electron chi connectivity index (χ2n) is 3.73. The number of rotatable bonds is 1. The zero-order valence-corrected chi connectivity index (χ0v) is 8.76. The molecule has 5 nitrogen and oxygen atoms in total. The minimum Gasteiger partial charge on any atom is -0.426 e. The Morgan fingerprint density at radius 2 is 1.94 bits per heavy atom. The molecule has 1 N–H and O–H groups in total. The Bertz CT molecular complexity index is 588. The fraction of sp³-hybridized carbons (Fsp3) is 0.300. The Kier molecular flexibility index (Phi) is 2.72. The van der Waals surface area contributed by atoms with Gasteiger partial charge in [-0.3, -0.25) is 14.9 Å². The molecule has 1 aromatic heterocycles. The van der Waals surface area contributed by atoms with E-state index in [-0.39, 0.29) is 11.3 Å². The van der Waals surface area contributed by atoms with Gasteiger partial charge < -0.3 is 4.42 Å². The molecule has 18 heavy (non-hydrogen) atoms. The lowest BCUT2D eigenvalue weighted by Gasteiger charge is -2.17. The Morgan fingerprint density at radius 1 is 1.28 bits per heavy atom. The van der Waals surface area contributed by atoms with E-state index in [4.69, 9.17) is 0 Å². The van der Waals surface area contributed by atoms with Crippen LogP contribution in [0.5, 0.6) is 0 Å². The van der Waals surface area contributed by atoms with Crippen LogP contribution in [0.3, 0.4) is 0 Å². The first-order valence-corrected chi connectivity index (χ1v) is 4.83. The van der Waals surface area contributed by atoms with Gasteiger partial charge in [-0.1, -0.05) is 0 Å². The van der Waals surface area contributed by atoms with E-state index in [9.17, 15) is 27.6 Å². The topological polar surface area (TPSA) is 76.4 Å². The van der Waals surface area contributed by atoms with Gasteiger partial charge in [-0.05, 0) is 5.56 Å². The second-order valence-corrected chi connectivity index (χ2v) is 3.73. The molecule has 8 heteroatoms. The molecule has 0 unspecified atom stereocenters. The van der Waals surface area contributed by atoms with Gasteiger partial charge in [-0.2, -0.15) is 13.2 Å². The van der Waals surface area contributed by atoms with Crippen molar-refractivity contribution < 1.29 is 27.2 Å². The zero-order valence-electron chi connectivity index (χ0n) is 8.76. The number of fused-ring (bicyclic) bond motifs is 1. The molecule has 0 atom stereocenters. The zero-order chi connectivity index (χ0) is 13.5. The summed E-state index contributed by atoms with van der Waals surface area (Å²) in [5.74, 6) is -2.03. The van der Waals surface area contributed by atoms with Crippen molar-refractivity contribution in [3.63, 3.8) is 0 Å². The van der Waals surface area contributed by atoms with Crippen molar-refractivity contribution in [2.24, 2.45) is 0 Å². The van der Waals surface area contributed by atoms with Crippen LogP contribution < -0.4 is 10.9 Å². The molecule has 0 spiro atoms. The Balaban J connectivity index is 2.57. The molecule has 0 saturated heterocycles. The van der Waals surface area contributed by atoms with Crippen LogP contribution in [-0.4, -0.2) is 18.0 Å². The van der Waals surface area contributed by atoms with Crippen LogP contribution in [-0.2, 0) is 17.6 Å². The quantitative estimate of drug-likeness (QED) is 0.749. The summed E-state index contributed by atoms with van der Waals surface area (Å²) < 4.78 is 41.5. The van der Waals surface area contributed by atoms with E-state index in [0.29, 0.717) is 6.07 Å². The molecular formula is C10H6F3NO4. The van der Waals surface area contributed by atoms with Gasteiger partial charge in [0.05, 0.1) is 18.4 Å². The normalized spacial score (nSPS) is 15.3. The number of hydrogen-bond acceptors (Lipinski definition) is 4. The number of amides is 2. The van der Waals surface area contributed by atoms with Gasteiger partial charge in [0.1, 0.15) is 5.76 Å². The highest BCUT2D eigenvalue weighted by molar-refractivity contribution is 6.09. The maximum Gasteiger partial charge on any atom is 0.393 e. The van der Waals surface area contributed by atoms with Crippen molar-refractivity contribution in [1.82, 2.24) is 5.32 Å². The first-order valence-electron chi connectivity index (χ1n) is 4.83. The number of alkyl halides is 3. The Morgan fingerprint density at radius 3 is 2.56 bits per heavy atom. The lowest BCUT2D eigenvalue weighted by atomic mass is 9.99. The van der Waals surface area contributed by atoms with Crippen molar-refractivity contribution in [3.05, 3.63) is 33.4 Å². The summed E-state index contributed by atoms with van der Waals surface area (Å²) in [6, 6.07) is 0.613. The van der Waals surface area contributed by atoms with E-state index in [0.717, 1.165) is 0 Å². The van der Waals surface area contributed by atoms with Gasteiger partial charge in [0.2, 0.25) is 5.91 Å². The number of halogens is 3. The standard InChI is InChI=1S/C10H6F3NO4/c11-10(12,13)3-4-1-7(16)18-5-2-6(15)14-9(17)8(4)5/h1H,2-3H2,(H,14,15,17). The largest absolute Gasteiger partial charge is 0.426 e. The summed E-state index contributed by atoms with van der Waals surface area (Å²) >= 11 is 0. The third kappa shape index (κ3) is 2.41.